The molecule has 0 aliphatic carbocycles. The van der Waals surface area contributed by atoms with Crippen LogP contribution in [0.1, 0.15) is 22.3 Å². The number of nitrogens with one attached hydrogen (secondary N) is 5. The van der Waals surface area contributed by atoms with E-state index in [1.807, 2.05) is 19.1 Å². The van der Waals surface area contributed by atoms with E-state index in [4.69, 9.17) is 0 Å². The van der Waals surface area contributed by atoms with Crippen LogP contribution in [-0.2, 0) is 9.59 Å². The molecule has 1 heterocycles. The van der Waals surface area contributed by atoms with Crippen molar-refractivity contribution in [2.45, 2.75) is 13.3 Å². The highest BCUT2D eigenvalue weighted by Crippen LogP contribution is 2.16. The number of hydrogen-bond acceptors (Lipinski definition) is 5. The first-order chi connectivity index (χ1) is 14.9. The summed E-state index contributed by atoms with van der Waals surface area (Å²) < 4.78 is 0. The van der Waals surface area contributed by atoms with Gasteiger partial charge in [-0.1, -0.05) is 24.3 Å². The molecule has 160 valence electrons. The summed E-state index contributed by atoms with van der Waals surface area (Å²) in [6, 6.07) is 11.6. The second-order valence-corrected chi connectivity index (χ2v) is 6.78. The molecular formula is C21H21N5O5. The third-order valence-corrected chi connectivity index (χ3v) is 4.57. The summed E-state index contributed by atoms with van der Waals surface area (Å²) in [5.41, 5.74) is 0.474. The van der Waals surface area contributed by atoms with Crippen LogP contribution in [0.3, 0.4) is 0 Å². The van der Waals surface area contributed by atoms with Crippen LogP contribution in [0.2, 0.25) is 0 Å². The Bertz CT molecular complexity index is 1260. The first kappa shape index (κ1) is 21.5. The van der Waals surface area contributed by atoms with E-state index in [9.17, 15) is 24.0 Å². The first-order valence-corrected chi connectivity index (χ1v) is 9.51. The van der Waals surface area contributed by atoms with Crippen molar-refractivity contribution >= 4 is 34.2 Å². The average molecular weight is 423 g/mol. The first-order valence-electron chi connectivity index (χ1n) is 9.51. The van der Waals surface area contributed by atoms with E-state index < -0.39 is 22.9 Å². The molecule has 0 spiro atoms. The second kappa shape index (κ2) is 9.53. The van der Waals surface area contributed by atoms with Crippen LogP contribution in [-0.4, -0.2) is 41.0 Å². The Balaban J connectivity index is 1.50. The van der Waals surface area contributed by atoms with E-state index in [-0.39, 0.29) is 41.9 Å². The van der Waals surface area contributed by atoms with Crippen LogP contribution in [0, 0.1) is 6.92 Å². The van der Waals surface area contributed by atoms with Gasteiger partial charge in [-0.05, 0) is 30.7 Å². The molecule has 10 nitrogen and oxygen atoms in total. The SMILES string of the molecule is Cc1ccccc1C(=O)NCCC(=O)NCC(=O)Nc1cccc2c(=O)[nH][nH]c(=O)c12. The number of H-pyrrole nitrogens is 2. The maximum atomic E-state index is 12.2. The van der Waals surface area contributed by atoms with E-state index in [0.29, 0.717) is 5.56 Å². The van der Waals surface area contributed by atoms with E-state index in [0.717, 1.165) is 5.56 Å². The van der Waals surface area contributed by atoms with Crippen LogP contribution in [0.15, 0.2) is 52.1 Å². The van der Waals surface area contributed by atoms with Gasteiger partial charge in [0.2, 0.25) is 11.8 Å². The highest BCUT2D eigenvalue weighted by Gasteiger charge is 2.12. The van der Waals surface area contributed by atoms with Gasteiger partial charge in [-0.15, -0.1) is 0 Å². The number of hydrogen-bond donors (Lipinski definition) is 5. The zero-order valence-corrected chi connectivity index (χ0v) is 16.7. The molecule has 10 heteroatoms. The summed E-state index contributed by atoms with van der Waals surface area (Å²) in [4.78, 5) is 60.1. The van der Waals surface area contributed by atoms with Gasteiger partial charge in [0, 0.05) is 18.5 Å². The molecule has 0 atom stereocenters. The van der Waals surface area contributed by atoms with Crippen LogP contribution in [0.25, 0.3) is 10.8 Å². The molecule has 0 radical (unpaired) electrons. The van der Waals surface area contributed by atoms with Gasteiger partial charge in [0.05, 0.1) is 23.0 Å². The lowest BCUT2D eigenvalue weighted by molar-refractivity contribution is -0.124. The Morgan fingerprint density at radius 1 is 0.871 bits per heavy atom. The van der Waals surface area contributed by atoms with Crippen LogP contribution in [0.4, 0.5) is 5.69 Å². The zero-order chi connectivity index (χ0) is 22.4. The van der Waals surface area contributed by atoms with Gasteiger partial charge < -0.3 is 16.0 Å². The minimum Gasteiger partial charge on any atom is -0.352 e. The fourth-order valence-corrected chi connectivity index (χ4v) is 3.01. The number of amides is 3. The number of aryl methyl sites for hydroxylation is 1. The summed E-state index contributed by atoms with van der Waals surface area (Å²) >= 11 is 0. The van der Waals surface area contributed by atoms with E-state index >= 15 is 0 Å². The molecule has 0 aliphatic heterocycles. The second-order valence-electron chi connectivity index (χ2n) is 6.78. The number of fused-ring (bicyclic) bond motifs is 1. The van der Waals surface area contributed by atoms with Crippen molar-refractivity contribution in [3.05, 3.63) is 74.3 Å². The van der Waals surface area contributed by atoms with Crippen LogP contribution < -0.4 is 27.1 Å². The fraction of sp³-hybridized carbons (Fsp3) is 0.190. The highest BCUT2D eigenvalue weighted by molar-refractivity contribution is 6.02. The Morgan fingerprint density at radius 3 is 2.39 bits per heavy atom. The van der Waals surface area contributed by atoms with Crippen molar-refractivity contribution < 1.29 is 14.4 Å². The Labute approximate surface area is 176 Å². The standard InChI is InChI=1S/C21H21N5O5/c1-12-5-2-3-6-13(12)19(29)22-10-9-16(27)23-11-17(28)24-15-8-4-7-14-18(15)21(31)26-25-20(14)30/h2-8H,9-11H2,1H3,(H,22,29)(H,23,27)(H,24,28)(H,25,30)(H,26,31). The van der Waals surface area contributed by atoms with Gasteiger partial charge in [0.15, 0.2) is 0 Å². The summed E-state index contributed by atoms with van der Waals surface area (Å²) in [5.74, 6) is -1.27. The quantitative estimate of drug-likeness (QED) is 0.372. The predicted molar refractivity (Wildman–Crippen MR) is 115 cm³/mol. The summed E-state index contributed by atoms with van der Waals surface area (Å²) in [6.45, 7) is 1.60. The van der Waals surface area contributed by atoms with Crippen LogP contribution >= 0.6 is 0 Å². The number of aromatic nitrogens is 2. The van der Waals surface area contributed by atoms with Crippen LogP contribution in [0.5, 0.6) is 0 Å². The molecule has 2 aromatic carbocycles. The van der Waals surface area contributed by atoms with Crippen molar-refractivity contribution in [1.82, 2.24) is 20.8 Å². The van der Waals surface area contributed by atoms with Gasteiger partial charge in [-0.2, -0.15) is 0 Å². The van der Waals surface area contributed by atoms with Gasteiger partial charge in [0.25, 0.3) is 17.0 Å². The summed E-state index contributed by atoms with van der Waals surface area (Å²) in [7, 11) is 0. The van der Waals surface area contributed by atoms with E-state index in [1.54, 1.807) is 12.1 Å². The molecule has 1 aromatic heterocycles. The van der Waals surface area contributed by atoms with E-state index in [2.05, 4.69) is 26.1 Å². The maximum Gasteiger partial charge on any atom is 0.272 e. The molecule has 3 amide bonds. The summed E-state index contributed by atoms with van der Waals surface area (Å²) in [6.07, 6.45) is -0.00574. The van der Waals surface area contributed by atoms with Gasteiger partial charge >= 0.3 is 0 Å². The van der Waals surface area contributed by atoms with E-state index in [1.165, 1.54) is 18.2 Å². The third-order valence-electron chi connectivity index (χ3n) is 4.57. The molecular weight excluding hydrogens is 402 g/mol. The molecule has 3 aromatic rings. The van der Waals surface area contributed by atoms with Crippen molar-refractivity contribution in [3.8, 4) is 0 Å². The lowest BCUT2D eigenvalue weighted by Gasteiger charge is -2.10. The minimum absolute atomic E-state index is 0.00574. The van der Waals surface area contributed by atoms with Crippen molar-refractivity contribution in [2.24, 2.45) is 0 Å². The lowest BCUT2D eigenvalue weighted by Crippen LogP contribution is -2.35. The van der Waals surface area contributed by atoms with Crippen molar-refractivity contribution in [3.63, 3.8) is 0 Å². The minimum atomic E-state index is -0.565. The molecule has 5 N–H and O–H groups in total. The molecule has 0 unspecified atom stereocenters. The zero-order valence-electron chi connectivity index (χ0n) is 16.7. The average Bonchev–Trinajstić information content (AvgIpc) is 2.75. The highest BCUT2D eigenvalue weighted by atomic mass is 16.2. The molecule has 0 bridgehead atoms. The Hall–Kier alpha value is -4.21. The number of aromatic amines is 2. The van der Waals surface area contributed by atoms with Gasteiger partial charge in [0.1, 0.15) is 0 Å². The number of carbonyl (C=O) groups is 3. The molecule has 3 rings (SSSR count). The van der Waals surface area contributed by atoms with Crippen molar-refractivity contribution in [1.29, 1.82) is 0 Å². The third kappa shape index (κ3) is 5.24. The fourth-order valence-electron chi connectivity index (χ4n) is 3.01. The normalized spacial score (nSPS) is 10.5. The molecule has 0 fully saturated rings. The number of rotatable bonds is 7. The monoisotopic (exact) mass is 423 g/mol. The molecule has 0 aliphatic rings. The largest absolute Gasteiger partial charge is 0.352 e. The van der Waals surface area contributed by atoms with Gasteiger partial charge in [-0.25, -0.2) is 0 Å². The molecule has 31 heavy (non-hydrogen) atoms. The number of benzene rings is 2. The van der Waals surface area contributed by atoms with Gasteiger partial charge in [-0.3, -0.25) is 34.2 Å². The number of anilines is 1. The Morgan fingerprint density at radius 2 is 1.61 bits per heavy atom. The predicted octanol–water partition coefficient (Wildman–Crippen LogP) is 0.400. The topological polar surface area (TPSA) is 153 Å². The summed E-state index contributed by atoms with van der Waals surface area (Å²) in [5, 5.41) is 12.2. The smallest absolute Gasteiger partial charge is 0.272 e. The van der Waals surface area contributed by atoms with Crippen molar-refractivity contribution in [2.75, 3.05) is 18.4 Å². The molecule has 0 saturated carbocycles. The Kier molecular flexibility index (Phi) is 6.61. The lowest BCUT2D eigenvalue weighted by atomic mass is 10.1. The molecule has 0 saturated heterocycles. The maximum absolute atomic E-state index is 12.2. The number of carbonyl (C=O) groups excluding carboxylic acids is 3.